The zero-order valence-corrected chi connectivity index (χ0v) is 13.5. The molecule has 1 aliphatic heterocycles. The molecule has 0 aliphatic carbocycles. The fourth-order valence-electron chi connectivity index (χ4n) is 2.44. The van der Waals surface area contributed by atoms with Gasteiger partial charge in [-0.15, -0.1) is 0 Å². The normalized spacial score (nSPS) is 18.9. The van der Waals surface area contributed by atoms with Gasteiger partial charge in [0.1, 0.15) is 0 Å². The molecule has 0 radical (unpaired) electrons. The van der Waals surface area contributed by atoms with E-state index in [0.717, 1.165) is 31.2 Å². The Morgan fingerprint density at radius 1 is 1.14 bits per heavy atom. The van der Waals surface area contributed by atoms with E-state index in [4.69, 9.17) is 18.0 Å². The van der Waals surface area contributed by atoms with E-state index in [-0.39, 0.29) is 4.99 Å². The molecular formula is C14H21N3O2S2. The topological polar surface area (TPSA) is 75.4 Å². The maximum atomic E-state index is 12.5. The SMILES string of the molecule is NC(=S)C(NS(=O)(=O)N1CCCCCC1)c1ccccc1. The first-order valence-corrected chi connectivity index (χ1v) is 8.97. The summed E-state index contributed by atoms with van der Waals surface area (Å²) in [5, 5.41) is 0. The molecule has 1 aliphatic rings. The number of nitrogens with zero attached hydrogens (tertiary/aromatic N) is 1. The van der Waals surface area contributed by atoms with Crippen LogP contribution in [0, 0.1) is 0 Å². The highest BCUT2D eigenvalue weighted by Gasteiger charge is 2.27. The Balaban J connectivity index is 2.17. The van der Waals surface area contributed by atoms with Gasteiger partial charge in [-0.2, -0.15) is 17.4 Å². The first-order chi connectivity index (χ1) is 10.0. The van der Waals surface area contributed by atoms with Crippen molar-refractivity contribution >= 4 is 27.4 Å². The minimum atomic E-state index is -3.58. The van der Waals surface area contributed by atoms with Gasteiger partial charge in [-0.05, 0) is 18.4 Å². The Morgan fingerprint density at radius 2 is 1.71 bits per heavy atom. The van der Waals surface area contributed by atoms with Gasteiger partial charge < -0.3 is 5.73 Å². The van der Waals surface area contributed by atoms with Crippen molar-refractivity contribution in [2.75, 3.05) is 13.1 Å². The lowest BCUT2D eigenvalue weighted by molar-refractivity contribution is 0.413. The zero-order valence-electron chi connectivity index (χ0n) is 11.9. The highest BCUT2D eigenvalue weighted by molar-refractivity contribution is 7.87. The van der Waals surface area contributed by atoms with Crippen LogP contribution < -0.4 is 10.5 Å². The Labute approximate surface area is 131 Å². The van der Waals surface area contributed by atoms with E-state index in [1.807, 2.05) is 30.3 Å². The summed E-state index contributed by atoms with van der Waals surface area (Å²) >= 11 is 5.03. The van der Waals surface area contributed by atoms with Gasteiger partial charge >= 0.3 is 0 Å². The average Bonchev–Trinajstić information content (AvgIpc) is 2.75. The number of rotatable bonds is 5. The van der Waals surface area contributed by atoms with Crippen LogP contribution in [0.5, 0.6) is 0 Å². The summed E-state index contributed by atoms with van der Waals surface area (Å²) in [6.07, 6.45) is 3.93. The lowest BCUT2D eigenvalue weighted by Crippen LogP contribution is -2.45. The van der Waals surface area contributed by atoms with Gasteiger partial charge in [0, 0.05) is 13.1 Å². The zero-order chi connectivity index (χ0) is 15.3. The molecular weight excluding hydrogens is 306 g/mol. The van der Waals surface area contributed by atoms with E-state index >= 15 is 0 Å². The van der Waals surface area contributed by atoms with Crippen molar-refractivity contribution in [3.63, 3.8) is 0 Å². The van der Waals surface area contributed by atoms with Crippen LogP contribution in [-0.4, -0.2) is 30.8 Å². The van der Waals surface area contributed by atoms with Gasteiger partial charge in [-0.25, -0.2) is 0 Å². The summed E-state index contributed by atoms with van der Waals surface area (Å²) in [7, 11) is -3.58. The van der Waals surface area contributed by atoms with Crippen molar-refractivity contribution in [2.24, 2.45) is 5.73 Å². The van der Waals surface area contributed by atoms with Crippen LogP contribution in [0.15, 0.2) is 30.3 Å². The maximum absolute atomic E-state index is 12.5. The summed E-state index contributed by atoms with van der Waals surface area (Å²) in [6, 6.07) is 8.49. The van der Waals surface area contributed by atoms with Crippen molar-refractivity contribution in [3.05, 3.63) is 35.9 Å². The molecule has 1 heterocycles. The summed E-state index contributed by atoms with van der Waals surface area (Å²) in [5.41, 5.74) is 6.48. The van der Waals surface area contributed by atoms with Crippen LogP contribution in [0.1, 0.15) is 37.3 Å². The third-order valence-electron chi connectivity index (χ3n) is 3.59. The molecule has 0 amide bonds. The van der Waals surface area contributed by atoms with E-state index in [9.17, 15) is 8.42 Å². The Morgan fingerprint density at radius 3 is 2.24 bits per heavy atom. The number of nitrogens with one attached hydrogen (secondary N) is 1. The lowest BCUT2D eigenvalue weighted by Gasteiger charge is -2.24. The molecule has 0 saturated carbocycles. The highest BCUT2D eigenvalue weighted by Crippen LogP contribution is 2.18. The minimum Gasteiger partial charge on any atom is -0.392 e. The second-order valence-corrected chi connectivity index (χ2v) is 7.36. The van der Waals surface area contributed by atoms with Gasteiger partial charge in [-0.1, -0.05) is 55.4 Å². The molecule has 1 saturated heterocycles. The van der Waals surface area contributed by atoms with Gasteiger partial charge in [0.2, 0.25) is 0 Å². The molecule has 1 fully saturated rings. The second-order valence-electron chi connectivity index (χ2n) is 5.18. The van der Waals surface area contributed by atoms with E-state index in [0.29, 0.717) is 13.1 Å². The fourth-order valence-corrected chi connectivity index (χ4v) is 4.16. The van der Waals surface area contributed by atoms with Crippen LogP contribution in [0.3, 0.4) is 0 Å². The Kier molecular flexibility index (Phi) is 5.69. The Hall–Kier alpha value is -1.02. The number of hydrogen-bond donors (Lipinski definition) is 2. The summed E-state index contributed by atoms with van der Waals surface area (Å²) in [5.74, 6) is 0. The van der Waals surface area contributed by atoms with E-state index < -0.39 is 16.3 Å². The van der Waals surface area contributed by atoms with Gasteiger partial charge in [0.15, 0.2) is 0 Å². The number of thiocarbonyl (C=S) groups is 1. The van der Waals surface area contributed by atoms with Crippen molar-refractivity contribution in [3.8, 4) is 0 Å². The average molecular weight is 327 g/mol. The second kappa shape index (κ2) is 7.31. The van der Waals surface area contributed by atoms with Crippen LogP contribution in [0.2, 0.25) is 0 Å². The molecule has 0 spiro atoms. The van der Waals surface area contributed by atoms with E-state index in [1.54, 1.807) is 0 Å². The van der Waals surface area contributed by atoms with Crippen molar-refractivity contribution in [1.29, 1.82) is 0 Å². The predicted molar refractivity (Wildman–Crippen MR) is 88.1 cm³/mol. The highest BCUT2D eigenvalue weighted by atomic mass is 32.2. The van der Waals surface area contributed by atoms with Crippen molar-refractivity contribution in [2.45, 2.75) is 31.7 Å². The molecule has 1 aromatic carbocycles. The summed E-state index contributed by atoms with van der Waals surface area (Å²) in [6.45, 7) is 1.10. The van der Waals surface area contributed by atoms with Gasteiger partial charge in [-0.3, -0.25) is 0 Å². The van der Waals surface area contributed by atoms with Crippen LogP contribution in [0.4, 0.5) is 0 Å². The number of benzene rings is 1. The fraction of sp³-hybridized carbons (Fsp3) is 0.500. The molecule has 21 heavy (non-hydrogen) atoms. The van der Waals surface area contributed by atoms with Gasteiger partial charge in [0.25, 0.3) is 10.2 Å². The largest absolute Gasteiger partial charge is 0.392 e. The smallest absolute Gasteiger partial charge is 0.280 e. The lowest BCUT2D eigenvalue weighted by atomic mass is 10.1. The molecule has 2 rings (SSSR count). The third kappa shape index (κ3) is 4.47. The molecule has 7 heteroatoms. The van der Waals surface area contributed by atoms with Crippen LogP contribution in [-0.2, 0) is 10.2 Å². The molecule has 0 aromatic heterocycles. The van der Waals surface area contributed by atoms with Crippen molar-refractivity contribution < 1.29 is 8.42 Å². The summed E-state index contributed by atoms with van der Waals surface area (Å²) < 4.78 is 29.2. The molecule has 3 N–H and O–H groups in total. The first-order valence-electron chi connectivity index (χ1n) is 7.12. The number of nitrogens with two attached hydrogens (primary N) is 1. The number of hydrogen-bond acceptors (Lipinski definition) is 3. The summed E-state index contributed by atoms with van der Waals surface area (Å²) in [4.78, 5) is 0.125. The molecule has 1 aromatic rings. The van der Waals surface area contributed by atoms with Crippen molar-refractivity contribution in [1.82, 2.24) is 9.03 Å². The molecule has 1 atom stereocenters. The van der Waals surface area contributed by atoms with Crippen LogP contribution >= 0.6 is 12.2 Å². The minimum absolute atomic E-state index is 0.125. The predicted octanol–water partition coefficient (Wildman–Crippen LogP) is 1.72. The molecule has 1 unspecified atom stereocenters. The monoisotopic (exact) mass is 327 g/mol. The Bertz CT molecular complexity index is 567. The van der Waals surface area contributed by atoms with Gasteiger partial charge in [0.05, 0.1) is 11.0 Å². The molecule has 5 nitrogen and oxygen atoms in total. The molecule has 116 valence electrons. The maximum Gasteiger partial charge on any atom is 0.280 e. The first kappa shape index (κ1) is 16.4. The standard InChI is InChI=1S/C14H21N3O2S2/c15-14(20)13(12-8-4-3-5-9-12)16-21(18,19)17-10-6-1-2-7-11-17/h3-5,8-9,13,16H,1-2,6-7,10-11H2,(H2,15,20). The quantitative estimate of drug-likeness (QED) is 0.808. The molecule has 0 bridgehead atoms. The third-order valence-corrected chi connectivity index (χ3v) is 5.40. The van der Waals surface area contributed by atoms with E-state index in [2.05, 4.69) is 4.72 Å². The van der Waals surface area contributed by atoms with Crippen LogP contribution in [0.25, 0.3) is 0 Å². The van der Waals surface area contributed by atoms with E-state index in [1.165, 1.54) is 4.31 Å².